The minimum absolute atomic E-state index is 0.305. The first-order valence-electron chi connectivity index (χ1n) is 6.77. The Kier molecular flexibility index (Phi) is 5.92. The summed E-state index contributed by atoms with van der Waals surface area (Å²) in [4.78, 5) is 12.1. The van der Waals surface area contributed by atoms with Crippen LogP contribution >= 0.6 is 31.9 Å². The summed E-state index contributed by atoms with van der Waals surface area (Å²) in [7, 11) is 0. The standard InChI is InChI=1S/C16H12Br2F3NO2/c1-9(24-14-7-6-10(17)8-12(14)18)15(23)22-13-5-3-2-4-11(13)16(19,20)21/h2-9H,1H3,(H,22,23). The van der Waals surface area contributed by atoms with Crippen molar-refractivity contribution in [1.82, 2.24) is 0 Å². The van der Waals surface area contributed by atoms with Crippen LogP contribution in [0.25, 0.3) is 0 Å². The van der Waals surface area contributed by atoms with Crippen molar-refractivity contribution in [2.45, 2.75) is 19.2 Å². The molecule has 1 atom stereocenters. The van der Waals surface area contributed by atoms with Crippen LogP contribution in [0.2, 0.25) is 0 Å². The smallest absolute Gasteiger partial charge is 0.418 e. The summed E-state index contributed by atoms with van der Waals surface area (Å²) in [6, 6.07) is 9.89. The number of carbonyl (C=O) groups is 1. The Balaban J connectivity index is 2.13. The van der Waals surface area contributed by atoms with Crippen molar-refractivity contribution >= 4 is 43.5 Å². The largest absolute Gasteiger partial charge is 0.480 e. The number of rotatable bonds is 4. The molecule has 0 spiro atoms. The number of hydrogen-bond donors (Lipinski definition) is 1. The zero-order valence-electron chi connectivity index (χ0n) is 12.3. The van der Waals surface area contributed by atoms with Gasteiger partial charge in [-0.3, -0.25) is 4.79 Å². The van der Waals surface area contributed by atoms with Crippen molar-refractivity contribution < 1.29 is 22.7 Å². The first-order valence-corrected chi connectivity index (χ1v) is 8.36. The molecule has 0 saturated heterocycles. The molecule has 0 bridgehead atoms. The molecule has 1 N–H and O–H groups in total. The zero-order chi connectivity index (χ0) is 17.9. The predicted octanol–water partition coefficient (Wildman–Crippen LogP) is 5.64. The molecule has 128 valence electrons. The SMILES string of the molecule is CC(Oc1ccc(Br)cc1Br)C(=O)Nc1ccccc1C(F)(F)F. The molecule has 3 nitrogen and oxygen atoms in total. The van der Waals surface area contributed by atoms with Crippen LogP contribution in [0.3, 0.4) is 0 Å². The van der Waals surface area contributed by atoms with Gasteiger partial charge in [-0.25, -0.2) is 0 Å². The summed E-state index contributed by atoms with van der Waals surface area (Å²) in [6.45, 7) is 1.46. The zero-order valence-corrected chi connectivity index (χ0v) is 15.5. The first kappa shape index (κ1) is 18.8. The van der Waals surface area contributed by atoms with Gasteiger partial charge in [0.15, 0.2) is 6.10 Å². The van der Waals surface area contributed by atoms with E-state index in [1.165, 1.54) is 25.1 Å². The van der Waals surface area contributed by atoms with Gasteiger partial charge in [0.2, 0.25) is 0 Å². The predicted molar refractivity (Wildman–Crippen MR) is 92.0 cm³/mol. The van der Waals surface area contributed by atoms with Crippen LogP contribution in [0.15, 0.2) is 51.4 Å². The number of nitrogens with one attached hydrogen (secondary N) is 1. The van der Waals surface area contributed by atoms with Gasteiger partial charge in [0.05, 0.1) is 15.7 Å². The van der Waals surface area contributed by atoms with E-state index in [0.717, 1.165) is 10.5 Å². The van der Waals surface area contributed by atoms with E-state index in [1.807, 2.05) is 0 Å². The molecule has 8 heteroatoms. The van der Waals surface area contributed by atoms with Crippen molar-refractivity contribution in [1.29, 1.82) is 0 Å². The van der Waals surface area contributed by atoms with E-state index in [0.29, 0.717) is 10.2 Å². The Hall–Kier alpha value is -1.54. The van der Waals surface area contributed by atoms with Crippen molar-refractivity contribution in [3.8, 4) is 5.75 Å². The van der Waals surface area contributed by atoms with Crippen LogP contribution in [-0.2, 0) is 11.0 Å². The molecular weight excluding hydrogens is 455 g/mol. The highest BCUT2D eigenvalue weighted by Crippen LogP contribution is 2.35. The summed E-state index contributed by atoms with van der Waals surface area (Å²) >= 11 is 6.58. The van der Waals surface area contributed by atoms with Gasteiger partial charge < -0.3 is 10.1 Å². The molecule has 0 saturated carbocycles. The van der Waals surface area contributed by atoms with Crippen molar-refractivity contribution in [3.63, 3.8) is 0 Å². The van der Waals surface area contributed by atoms with Crippen LogP contribution in [0.4, 0.5) is 18.9 Å². The second-order valence-electron chi connectivity index (χ2n) is 4.87. The quantitative estimate of drug-likeness (QED) is 0.633. The average molecular weight is 467 g/mol. The molecule has 0 fully saturated rings. The van der Waals surface area contributed by atoms with Gasteiger partial charge in [-0.05, 0) is 53.2 Å². The number of para-hydroxylation sites is 1. The molecule has 24 heavy (non-hydrogen) atoms. The fourth-order valence-corrected chi connectivity index (χ4v) is 3.03. The highest BCUT2D eigenvalue weighted by molar-refractivity contribution is 9.11. The molecule has 0 aromatic heterocycles. The van der Waals surface area contributed by atoms with Gasteiger partial charge in [0.25, 0.3) is 5.91 Å². The van der Waals surface area contributed by atoms with E-state index in [-0.39, 0.29) is 5.69 Å². The molecule has 0 radical (unpaired) electrons. The second-order valence-corrected chi connectivity index (χ2v) is 6.64. The molecule has 0 aliphatic heterocycles. The number of halogens is 5. The highest BCUT2D eigenvalue weighted by atomic mass is 79.9. The molecule has 2 aromatic carbocycles. The summed E-state index contributed by atoms with van der Waals surface area (Å²) in [5, 5.41) is 2.26. The van der Waals surface area contributed by atoms with Gasteiger partial charge in [0.1, 0.15) is 5.75 Å². The summed E-state index contributed by atoms with van der Waals surface area (Å²) in [5.41, 5.74) is -1.21. The van der Waals surface area contributed by atoms with Crippen LogP contribution in [-0.4, -0.2) is 12.0 Å². The highest BCUT2D eigenvalue weighted by Gasteiger charge is 2.34. The fourth-order valence-electron chi connectivity index (χ4n) is 1.89. The monoisotopic (exact) mass is 465 g/mol. The number of anilines is 1. The number of amides is 1. The molecule has 0 heterocycles. The third-order valence-electron chi connectivity index (χ3n) is 3.06. The summed E-state index contributed by atoms with van der Waals surface area (Å²) in [5.74, 6) is -0.272. The molecule has 1 unspecified atom stereocenters. The van der Waals surface area contributed by atoms with E-state index >= 15 is 0 Å². The summed E-state index contributed by atoms with van der Waals surface area (Å²) < 4.78 is 45.8. The molecule has 2 rings (SSSR count). The van der Waals surface area contributed by atoms with Gasteiger partial charge >= 0.3 is 6.18 Å². The maximum absolute atomic E-state index is 12.9. The first-order chi connectivity index (χ1) is 11.2. The molecule has 0 aliphatic carbocycles. The molecule has 1 amide bonds. The lowest BCUT2D eigenvalue weighted by Gasteiger charge is -2.18. The van der Waals surface area contributed by atoms with Crippen molar-refractivity contribution in [2.24, 2.45) is 0 Å². The minimum Gasteiger partial charge on any atom is -0.480 e. The third-order valence-corrected chi connectivity index (χ3v) is 4.17. The van der Waals surface area contributed by atoms with Gasteiger partial charge in [0, 0.05) is 4.47 Å². The molecule has 0 aliphatic rings. The minimum atomic E-state index is -4.55. The third kappa shape index (κ3) is 4.73. The van der Waals surface area contributed by atoms with E-state index < -0.39 is 23.8 Å². The van der Waals surface area contributed by atoms with E-state index in [9.17, 15) is 18.0 Å². The fraction of sp³-hybridized carbons (Fsp3) is 0.188. The topological polar surface area (TPSA) is 38.3 Å². The number of ether oxygens (including phenoxy) is 1. The van der Waals surface area contributed by atoms with Crippen LogP contribution in [0.5, 0.6) is 5.75 Å². The second kappa shape index (κ2) is 7.57. The summed E-state index contributed by atoms with van der Waals surface area (Å²) in [6.07, 6.45) is -5.54. The van der Waals surface area contributed by atoms with Gasteiger partial charge in [-0.1, -0.05) is 28.1 Å². The Morgan fingerprint density at radius 3 is 2.46 bits per heavy atom. The maximum atomic E-state index is 12.9. The Bertz CT molecular complexity index is 750. The van der Waals surface area contributed by atoms with E-state index in [1.54, 1.807) is 18.2 Å². The van der Waals surface area contributed by atoms with Crippen molar-refractivity contribution in [2.75, 3.05) is 5.32 Å². The van der Waals surface area contributed by atoms with Crippen LogP contribution in [0.1, 0.15) is 12.5 Å². The number of carbonyl (C=O) groups excluding carboxylic acids is 1. The lowest BCUT2D eigenvalue weighted by atomic mass is 10.1. The lowest BCUT2D eigenvalue weighted by molar-refractivity contribution is -0.137. The molecular formula is C16H12Br2F3NO2. The normalized spacial score (nSPS) is 12.6. The van der Waals surface area contributed by atoms with Crippen LogP contribution in [0, 0.1) is 0 Å². The Morgan fingerprint density at radius 2 is 1.83 bits per heavy atom. The van der Waals surface area contributed by atoms with E-state index in [2.05, 4.69) is 37.2 Å². The van der Waals surface area contributed by atoms with Crippen molar-refractivity contribution in [3.05, 3.63) is 57.0 Å². The average Bonchev–Trinajstić information content (AvgIpc) is 2.49. The number of alkyl halides is 3. The lowest BCUT2D eigenvalue weighted by Crippen LogP contribution is -2.31. The Labute approximate surface area is 153 Å². The van der Waals surface area contributed by atoms with Gasteiger partial charge in [-0.2, -0.15) is 13.2 Å². The van der Waals surface area contributed by atoms with Gasteiger partial charge in [-0.15, -0.1) is 0 Å². The molecule has 2 aromatic rings. The number of hydrogen-bond acceptors (Lipinski definition) is 2. The van der Waals surface area contributed by atoms with E-state index in [4.69, 9.17) is 4.74 Å². The maximum Gasteiger partial charge on any atom is 0.418 e. The Morgan fingerprint density at radius 1 is 1.17 bits per heavy atom. The van der Waals surface area contributed by atoms with Crippen LogP contribution < -0.4 is 10.1 Å². The number of benzene rings is 2.